The highest BCUT2D eigenvalue weighted by Crippen LogP contribution is 2.21. The Morgan fingerprint density at radius 1 is 1.06 bits per heavy atom. The second-order valence-corrected chi connectivity index (χ2v) is 3.53. The number of esters is 2. The van der Waals surface area contributed by atoms with Crippen LogP contribution < -0.4 is 0 Å². The minimum atomic E-state index is -1.11. The highest BCUT2D eigenvalue weighted by atomic mass is 16.6. The lowest BCUT2D eigenvalue weighted by molar-refractivity contribution is -0.156. The Morgan fingerprint density at radius 3 is 1.89 bits per heavy atom. The van der Waals surface area contributed by atoms with Crippen molar-refractivity contribution in [1.29, 1.82) is 0 Å². The summed E-state index contributed by atoms with van der Waals surface area (Å²) in [5, 5.41) is 9.19. The van der Waals surface area contributed by atoms with E-state index in [1.807, 2.05) is 0 Å². The summed E-state index contributed by atoms with van der Waals surface area (Å²) in [6, 6.07) is 5.79. The second kappa shape index (κ2) is 6.64. The quantitative estimate of drug-likeness (QED) is 0.636. The van der Waals surface area contributed by atoms with Crippen LogP contribution in [0.4, 0.5) is 0 Å². The summed E-state index contributed by atoms with van der Waals surface area (Å²) < 4.78 is 9.71. The number of hydrogen-bond donors (Lipinski definition) is 1. The van der Waals surface area contributed by atoms with Gasteiger partial charge in [-0.3, -0.25) is 9.59 Å². The number of phenols is 1. The van der Waals surface area contributed by atoms with Crippen LogP contribution in [0.15, 0.2) is 24.3 Å². The number of carbonyl (C=O) groups is 2. The minimum Gasteiger partial charge on any atom is -0.508 e. The van der Waals surface area contributed by atoms with E-state index < -0.39 is 17.9 Å². The lowest BCUT2D eigenvalue weighted by atomic mass is 9.99. The van der Waals surface area contributed by atoms with Crippen molar-refractivity contribution < 1.29 is 24.2 Å². The van der Waals surface area contributed by atoms with E-state index in [9.17, 15) is 14.7 Å². The third kappa shape index (κ3) is 3.48. The van der Waals surface area contributed by atoms with Crippen LogP contribution in [0.3, 0.4) is 0 Å². The van der Waals surface area contributed by atoms with Gasteiger partial charge in [-0.2, -0.15) is 0 Å². The Labute approximate surface area is 105 Å². The van der Waals surface area contributed by atoms with E-state index in [1.54, 1.807) is 13.8 Å². The van der Waals surface area contributed by atoms with Crippen LogP contribution in [0.25, 0.3) is 0 Å². The van der Waals surface area contributed by atoms with Crippen molar-refractivity contribution in [2.45, 2.75) is 19.8 Å². The van der Waals surface area contributed by atoms with Gasteiger partial charge in [0.15, 0.2) is 5.92 Å². The topological polar surface area (TPSA) is 72.8 Å². The smallest absolute Gasteiger partial charge is 0.324 e. The van der Waals surface area contributed by atoms with Gasteiger partial charge in [0, 0.05) is 0 Å². The molecular weight excluding hydrogens is 236 g/mol. The molecule has 0 aliphatic heterocycles. The minimum absolute atomic E-state index is 0.0604. The number of hydrogen-bond acceptors (Lipinski definition) is 5. The first-order valence-corrected chi connectivity index (χ1v) is 5.72. The molecule has 0 fully saturated rings. The first-order valence-electron chi connectivity index (χ1n) is 5.72. The molecule has 0 saturated carbocycles. The molecule has 0 unspecified atom stereocenters. The van der Waals surface area contributed by atoms with Crippen molar-refractivity contribution in [3.05, 3.63) is 29.8 Å². The Hall–Kier alpha value is -2.04. The number of rotatable bonds is 5. The molecule has 0 spiro atoms. The molecule has 1 N–H and O–H groups in total. The van der Waals surface area contributed by atoms with E-state index in [-0.39, 0.29) is 19.0 Å². The van der Waals surface area contributed by atoms with Crippen molar-refractivity contribution in [2.75, 3.05) is 13.2 Å². The number of benzene rings is 1. The van der Waals surface area contributed by atoms with Gasteiger partial charge in [0.2, 0.25) is 0 Å². The highest BCUT2D eigenvalue weighted by molar-refractivity contribution is 6.00. The van der Waals surface area contributed by atoms with Crippen LogP contribution in [0.2, 0.25) is 0 Å². The number of phenolic OH excluding ortho intramolecular Hbond substituents is 1. The molecule has 18 heavy (non-hydrogen) atoms. The van der Waals surface area contributed by atoms with Crippen molar-refractivity contribution in [3.63, 3.8) is 0 Å². The van der Waals surface area contributed by atoms with E-state index in [0.717, 1.165) is 0 Å². The lowest BCUT2D eigenvalue weighted by Crippen LogP contribution is -2.26. The average molecular weight is 252 g/mol. The second-order valence-electron chi connectivity index (χ2n) is 3.53. The third-order valence-corrected chi connectivity index (χ3v) is 2.27. The summed E-state index contributed by atoms with van der Waals surface area (Å²) in [5.41, 5.74) is 0.435. The predicted molar refractivity (Wildman–Crippen MR) is 64.1 cm³/mol. The van der Waals surface area contributed by atoms with E-state index >= 15 is 0 Å². The maximum absolute atomic E-state index is 11.8. The molecule has 0 aromatic heterocycles. The van der Waals surface area contributed by atoms with E-state index in [1.165, 1.54) is 24.3 Å². The van der Waals surface area contributed by atoms with Gasteiger partial charge in [0.1, 0.15) is 5.75 Å². The van der Waals surface area contributed by atoms with E-state index in [2.05, 4.69) is 0 Å². The van der Waals surface area contributed by atoms with Gasteiger partial charge in [-0.05, 0) is 31.5 Å². The molecule has 1 rings (SSSR count). The fourth-order valence-corrected chi connectivity index (χ4v) is 1.49. The Bertz CT molecular complexity index is 392. The summed E-state index contributed by atoms with van der Waals surface area (Å²) in [4.78, 5) is 23.5. The van der Waals surface area contributed by atoms with Crippen LogP contribution in [-0.2, 0) is 19.1 Å². The summed E-state index contributed by atoms with van der Waals surface area (Å²) >= 11 is 0. The molecule has 5 heteroatoms. The van der Waals surface area contributed by atoms with Crippen LogP contribution in [0.5, 0.6) is 5.75 Å². The monoisotopic (exact) mass is 252 g/mol. The number of carbonyl (C=O) groups excluding carboxylic acids is 2. The lowest BCUT2D eigenvalue weighted by Gasteiger charge is -2.14. The Kier molecular flexibility index (Phi) is 5.17. The van der Waals surface area contributed by atoms with Crippen molar-refractivity contribution in [1.82, 2.24) is 0 Å². The summed E-state index contributed by atoms with van der Waals surface area (Å²) in [7, 11) is 0. The molecule has 0 amide bonds. The van der Waals surface area contributed by atoms with Crippen molar-refractivity contribution in [2.24, 2.45) is 0 Å². The van der Waals surface area contributed by atoms with Crippen molar-refractivity contribution >= 4 is 11.9 Å². The normalized spacial score (nSPS) is 10.2. The fraction of sp³-hybridized carbons (Fsp3) is 0.385. The van der Waals surface area contributed by atoms with Gasteiger partial charge in [-0.1, -0.05) is 12.1 Å². The molecule has 0 aliphatic carbocycles. The summed E-state index contributed by atoms with van der Waals surface area (Å²) in [5.74, 6) is -2.35. The molecule has 0 saturated heterocycles. The third-order valence-electron chi connectivity index (χ3n) is 2.27. The number of ether oxygens (including phenoxy) is 2. The Morgan fingerprint density at radius 2 is 1.50 bits per heavy atom. The molecule has 5 nitrogen and oxygen atoms in total. The average Bonchev–Trinajstić information content (AvgIpc) is 2.33. The first kappa shape index (κ1) is 14.0. The zero-order valence-electron chi connectivity index (χ0n) is 10.4. The Balaban J connectivity index is 2.99. The fourth-order valence-electron chi connectivity index (χ4n) is 1.49. The maximum atomic E-state index is 11.8. The molecule has 0 radical (unpaired) electrons. The molecule has 0 heterocycles. The van der Waals surface area contributed by atoms with E-state index in [0.29, 0.717) is 5.56 Å². The van der Waals surface area contributed by atoms with Gasteiger partial charge < -0.3 is 14.6 Å². The number of aromatic hydroxyl groups is 1. The summed E-state index contributed by atoms with van der Waals surface area (Å²) in [6.45, 7) is 3.70. The molecule has 1 aromatic rings. The zero-order chi connectivity index (χ0) is 13.5. The SMILES string of the molecule is CCOC(=O)C(C(=O)OCC)c1ccc(O)cc1. The molecular formula is C13H16O5. The molecule has 0 bridgehead atoms. The van der Waals surface area contributed by atoms with Crippen LogP contribution in [-0.4, -0.2) is 30.3 Å². The first-order chi connectivity index (χ1) is 8.60. The van der Waals surface area contributed by atoms with Gasteiger partial charge in [-0.25, -0.2) is 0 Å². The van der Waals surface area contributed by atoms with Gasteiger partial charge in [0.25, 0.3) is 0 Å². The standard InChI is InChI=1S/C13H16O5/c1-3-17-12(15)11(13(16)18-4-2)9-5-7-10(14)8-6-9/h5-8,11,14H,3-4H2,1-2H3. The van der Waals surface area contributed by atoms with Gasteiger partial charge in [0.05, 0.1) is 13.2 Å². The van der Waals surface area contributed by atoms with Crippen LogP contribution in [0, 0.1) is 0 Å². The van der Waals surface area contributed by atoms with Gasteiger partial charge >= 0.3 is 11.9 Å². The largest absolute Gasteiger partial charge is 0.508 e. The molecule has 98 valence electrons. The summed E-state index contributed by atoms with van der Waals surface area (Å²) in [6.07, 6.45) is 0. The van der Waals surface area contributed by atoms with Crippen molar-refractivity contribution in [3.8, 4) is 5.75 Å². The highest BCUT2D eigenvalue weighted by Gasteiger charge is 2.31. The zero-order valence-corrected chi connectivity index (χ0v) is 10.4. The van der Waals surface area contributed by atoms with Crippen LogP contribution >= 0.6 is 0 Å². The van der Waals surface area contributed by atoms with Crippen LogP contribution in [0.1, 0.15) is 25.3 Å². The molecule has 0 aliphatic rings. The molecule has 0 atom stereocenters. The maximum Gasteiger partial charge on any atom is 0.324 e. The predicted octanol–water partition coefficient (Wildman–Crippen LogP) is 1.60. The van der Waals surface area contributed by atoms with E-state index in [4.69, 9.17) is 9.47 Å². The molecule has 1 aromatic carbocycles. The van der Waals surface area contributed by atoms with Gasteiger partial charge in [-0.15, -0.1) is 0 Å².